The van der Waals surface area contributed by atoms with Crippen molar-refractivity contribution in [1.82, 2.24) is 5.32 Å². The highest BCUT2D eigenvalue weighted by Crippen LogP contribution is 2.33. The number of hydrogen-bond donors (Lipinski definition) is 1. The first-order valence-corrected chi connectivity index (χ1v) is 10.4. The standard InChI is InChI=1S/C23H23FN2O6/c24-16-4-6-17(7-5-16)31-13-20(27)15-3-8-21-19(10-15)26(23(29)14-32-21)12-22(28)25-11-18-2-1-9-30-18/h3-8,10,18H,1-2,9,11-14H2,(H,25,28). The molecular formula is C23H23FN2O6. The van der Waals surface area contributed by atoms with Gasteiger partial charge in [-0.25, -0.2) is 4.39 Å². The van der Waals surface area contributed by atoms with Gasteiger partial charge in [0.1, 0.15) is 23.9 Å². The summed E-state index contributed by atoms with van der Waals surface area (Å²) in [6.07, 6.45) is 1.86. The maximum Gasteiger partial charge on any atom is 0.265 e. The van der Waals surface area contributed by atoms with Crippen molar-refractivity contribution in [3.05, 3.63) is 53.8 Å². The summed E-state index contributed by atoms with van der Waals surface area (Å²) in [5.41, 5.74) is 0.648. The highest BCUT2D eigenvalue weighted by atomic mass is 19.1. The van der Waals surface area contributed by atoms with Crippen molar-refractivity contribution >= 4 is 23.3 Å². The zero-order chi connectivity index (χ0) is 22.5. The molecular weight excluding hydrogens is 419 g/mol. The molecule has 1 unspecified atom stereocenters. The average molecular weight is 442 g/mol. The van der Waals surface area contributed by atoms with Crippen molar-refractivity contribution in [2.24, 2.45) is 0 Å². The Morgan fingerprint density at radius 1 is 1.19 bits per heavy atom. The van der Waals surface area contributed by atoms with Crippen molar-refractivity contribution < 1.29 is 33.0 Å². The summed E-state index contributed by atoms with van der Waals surface area (Å²) in [6.45, 7) is 0.445. The van der Waals surface area contributed by atoms with Crippen LogP contribution in [0.1, 0.15) is 23.2 Å². The maximum absolute atomic E-state index is 13.0. The molecule has 0 aliphatic carbocycles. The lowest BCUT2D eigenvalue weighted by molar-refractivity contribution is -0.125. The van der Waals surface area contributed by atoms with Crippen LogP contribution in [-0.2, 0) is 14.3 Å². The summed E-state index contributed by atoms with van der Waals surface area (Å²) in [6, 6.07) is 10.0. The lowest BCUT2D eigenvalue weighted by atomic mass is 10.1. The number of Topliss-reactive ketones (excluding diaryl/α,β-unsaturated/α-hetero) is 1. The third-order valence-corrected chi connectivity index (χ3v) is 5.26. The van der Waals surface area contributed by atoms with Gasteiger partial charge < -0.3 is 19.5 Å². The van der Waals surface area contributed by atoms with Crippen molar-refractivity contribution in [2.45, 2.75) is 18.9 Å². The Morgan fingerprint density at radius 3 is 2.75 bits per heavy atom. The van der Waals surface area contributed by atoms with Gasteiger partial charge in [0.05, 0.1) is 11.8 Å². The molecule has 168 valence electrons. The maximum atomic E-state index is 13.0. The van der Waals surface area contributed by atoms with Gasteiger partial charge in [0.25, 0.3) is 5.91 Å². The van der Waals surface area contributed by atoms with Gasteiger partial charge in [-0.1, -0.05) is 0 Å². The Bertz CT molecular complexity index is 1000. The quantitative estimate of drug-likeness (QED) is 0.630. The molecule has 2 amide bonds. The number of benzene rings is 2. The molecule has 1 saturated heterocycles. The molecule has 8 nitrogen and oxygen atoms in total. The highest BCUT2D eigenvalue weighted by molar-refractivity contribution is 6.04. The summed E-state index contributed by atoms with van der Waals surface area (Å²) in [5, 5.41) is 2.79. The molecule has 4 rings (SSSR count). The molecule has 2 heterocycles. The van der Waals surface area contributed by atoms with Crippen LogP contribution >= 0.6 is 0 Å². The van der Waals surface area contributed by atoms with E-state index in [1.165, 1.54) is 35.2 Å². The van der Waals surface area contributed by atoms with Crippen LogP contribution in [0.25, 0.3) is 0 Å². The van der Waals surface area contributed by atoms with E-state index in [1.807, 2.05) is 0 Å². The molecule has 2 aliphatic rings. The number of halogens is 1. The summed E-state index contributed by atoms with van der Waals surface area (Å²) >= 11 is 0. The minimum absolute atomic E-state index is 0.00282. The van der Waals surface area contributed by atoms with Crippen LogP contribution in [0.2, 0.25) is 0 Å². The van der Waals surface area contributed by atoms with Gasteiger partial charge in [-0.3, -0.25) is 19.3 Å². The molecule has 1 fully saturated rings. The van der Waals surface area contributed by atoms with E-state index in [1.54, 1.807) is 12.1 Å². The van der Waals surface area contributed by atoms with Crippen molar-refractivity contribution in [3.8, 4) is 11.5 Å². The van der Waals surface area contributed by atoms with Crippen LogP contribution < -0.4 is 19.7 Å². The molecule has 32 heavy (non-hydrogen) atoms. The average Bonchev–Trinajstić information content (AvgIpc) is 3.32. The SMILES string of the molecule is O=C(CN1C(=O)COc2ccc(C(=O)COc3ccc(F)cc3)cc21)NCC1CCCO1. The van der Waals surface area contributed by atoms with Crippen molar-refractivity contribution in [2.75, 3.05) is 37.8 Å². The van der Waals surface area contributed by atoms with Gasteiger partial charge in [-0.05, 0) is 55.3 Å². The Hall–Kier alpha value is -3.46. The smallest absolute Gasteiger partial charge is 0.265 e. The Kier molecular flexibility index (Phi) is 6.65. The van der Waals surface area contributed by atoms with Crippen LogP contribution in [0.15, 0.2) is 42.5 Å². The number of carbonyl (C=O) groups is 3. The summed E-state index contributed by atoms with van der Waals surface area (Å²) in [5.74, 6) is -0.663. The van der Waals surface area contributed by atoms with Crippen LogP contribution in [0.5, 0.6) is 11.5 Å². The second-order valence-electron chi connectivity index (χ2n) is 7.56. The monoisotopic (exact) mass is 442 g/mol. The predicted molar refractivity (Wildman–Crippen MR) is 112 cm³/mol. The van der Waals surface area contributed by atoms with Gasteiger partial charge in [0.2, 0.25) is 5.91 Å². The van der Waals surface area contributed by atoms with Gasteiger partial charge in [-0.15, -0.1) is 0 Å². The van der Waals surface area contributed by atoms with Crippen molar-refractivity contribution in [1.29, 1.82) is 0 Å². The second kappa shape index (κ2) is 9.78. The molecule has 0 aromatic heterocycles. The molecule has 0 radical (unpaired) electrons. The normalized spacial score (nSPS) is 17.5. The van der Waals surface area contributed by atoms with E-state index in [0.29, 0.717) is 35.9 Å². The first-order chi connectivity index (χ1) is 15.5. The Morgan fingerprint density at radius 2 is 2.00 bits per heavy atom. The number of hydrogen-bond acceptors (Lipinski definition) is 6. The summed E-state index contributed by atoms with van der Waals surface area (Å²) in [7, 11) is 0. The molecule has 1 N–H and O–H groups in total. The molecule has 2 aromatic carbocycles. The number of fused-ring (bicyclic) bond motifs is 1. The van der Waals surface area contributed by atoms with Gasteiger partial charge in [0.15, 0.2) is 19.0 Å². The number of nitrogens with one attached hydrogen (secondary N) is 1. The van der Waals surface area contributed by atoms with E-state index < -0.39 is 5.82 Å². The number of ether oxygens (including phenoxy) is 3. The topological polar surface area (TPSA) is 94.2 Å². The minimum atomic E-state index is -0.400. The molecule has 2 aromatic rings. The lowest BCUT2D eigenvalue weighted by Crippen LogP contribution is -2.46. The number of carbonyl (C=O) groups excluding carboxylic acids is 3. The number of ketones is 1. The molecule has 9 heteroatoms. The van der Waals surface area contributed by atoms with Crippen LogP contribution in [0.3, 0.4) is 0 Å². The first kappa shape index (κ1) is 21.8. The fourth-order valence-electron chi connectivity index (χ4n) is 3.54. The third kappa shape index (κ3) is 5.23. The van der Waals surface area contributed by atoms with E-state index in [9.17, 15) is 18.8 Å². The largest absolute Gasteiger partial charge is 0.485 e. The van der Waals surface area contributed by atoms with Crippen LogP contribution in [-0.4, -0.2) is 56.6 Å². The number of amides is 2. The van der Waals surface area contributed by atoms with Gasteiger partial charge >= 0.3 is 0 Å². The molecule has 0 saturated carbocycles. The van der Waals surface area contributed by atoms with Crippen LogP contribution in [0.4, 0.5) is 10.1 Å². The van der Waals surface area contributed by atoms with E-state index in [0.717, 1.165) is 12.8 Å². The third-order valence-electron chi connectivity index (χ3n) is 5.26. The lowest BCUT2D eigenvalue weighted by Gasteiger charge is -2.29. The van der Waals surface area contributed by atoms with Gasteiger partial charge in [0, 0.05) is 18.7 Å². The van der Waals surface area contributed by atoms with E-state index in [2.05, 4.69) is 5.32 Å². The highest BCUT2D eigenvalue weighted by Gasteiger charge is 2.28. The zero-order valence-electron chi connectivity index (χ0n) is 17.3. The number of rotatable bonds is 8. The first-order valence-electron chi connectivity index (χ1n) is 10.4. The zero-order valence-corrected chi connectivity index (χ0v) is 17.3. The Labute approximate surface area is 184 Å². The molecule has 0 bridgehead atoms. The summed E-state index contributed by atoms with van der Waals surface area (Å²) < 4.78 is 29.3. The van der Waals surface area contributed by atoms with E-state index in [-0.39, 0.29) is 43.5 Å². The second-order valence-corrected chi connectivity index (χ2v) is 7.56. The van der Waals surface area contributed by atoms with Gasteiger partial charge in [-0.2, -0.15) is 0 Å². The van der Waals surface area contributed by atoms with E-state index >= 15 is 0 Å². The fraction of sp³-hybridized carbons (Fsp3) is 0.348. The molecule has 2 aliphatic heterocycles. The Balaban J connectivity index is 1.42. The molecule has 0 spiro atoms. The van der Waals surface area contributed by atoms with Crippen molar-refractivity contribution in [3.63, 3.8) is 0 Å². The predicted octanol–water partition coefficient (Wildman–Crippen LogP) is 2.11. The number of nitrogens with zero attached hydrogens (tertiary/aromatic N) is 1. The fourth-order valence-corrected chi connectivity index (χ4v) is 3.54. The number of anilines is 1. The van der Waals surface area contributed by atoms with Crippen LogP contribution in [0, 0.1) is 5.82 Å². The molecule has 1 atom stereocenters. The minimum Gasteiger partial charge on any atom is -0.485 e. The summed E-state index contributed by atoms with van der Waals surface area (Å²) in [4.78, 5) is 38.7. The van der Waals surface area contributed by atoms with E-state index in [4.69, 9.17) is 14.2 Å².